The normalized spacial score (nSPS) is 20.0. The predicted octanol–water partition coefficient (Wildman–Crippen LogP) is 0.798. The molecule has 21 heavy (non-hydrogen) atoms. The maximum atomic E-state index is 12.6. The van der Waals surface area contributed by atoms with Crippen LogP contribution in [0.5, 0.6) is 0 Å². The first-order valence-corrected chi connectivity index (χ1v) is 7.92. The molecule has 0 aromatic rings. The summed E-state index contributed by atoms with van der Waals surface area (Å²) in [7, 11) is 0. The van der Waals surface area contributed by atoms with Crippen LogP contribution in [0.3, 0.4) is 0 Å². The van der Waals surface area contributed by atoms with Crippen molar-refractivity contribution in [3.63, 3.8) is 0 Å². The fraction of sp³-hybridized carbons (Fsp3) is 0.812. The van der Waals surface area contributed by atoms with Gasteiger partial charge in [0.2, 0.25) is 5.91 Å². The van der Waals surface area contributed by atoms with Gasteiger partial charge in [0.25, 0.3) is 0 Å². The Morgan fingerprint density at radius 3 is 2.29 bits per heavy atom. The average Bonchev–Trinajstić information content (AvgIpc) is 2.43. The minimum Gasteiger partial charge on any atom is -0.392 e. The van der Waals surface area contributed by atoms with Gasteiger partial charge in [-0.3, -0.25) is 14.6 Å². The van der Waals surface area contributed by atoms with Crippen LogP contribution in [0.4, 0.5) is 0 Å². The van der Waals surface area contributed by atoms with Gasteiger partial charge in [-0.2, -0.15) is 0 Å². The van der Waals surface area contributed by atoms with E-state index in [1.165, 1.54) is 0 Å². The zero-order valence-corrected chi connectivity index (χ0v) is 14.0. The number of hydrogen-bond acceptors (Lipinski definition) is 4. The summed E-state index contributed by atoms with van der Waals surface area (Å²) >= 11 is 0. The molecule has 1 amide bonds. The molecule has 5 heteroatoms. The van der Waals surface area contributed by atoms with Crippen LogP contribution in [-0.2, 0) is 4.79 Å². The smallest absolute Gasteiger partial charge is 0.239 e. The maximum absolute atomic E-state index is 12.6. The third-order valence-corrected chi connectivity index (χ3v) is 3.99. The van der Waals surface area contributed by atoms with Crippen molar-refractivity contribution in [2.45, 2.75) is 39.8 Å². The average molecular weight is 297 g/mol. The molecule has 1 aliphatic heterocycles. The first-order valence-electron chi connectivity index (χ1n) is 7.92. The number of hydrogen-bond donors (Lipinski definition) is 1. The molecule has 0 bridgehead atoms. The SMILES string of the molecule is C=C(C)CN(CC)C(=O)[C@@H](C)N1CCN(C[C@@H](C)O)CC1. The molecule has 1 heterocycles. The Morgan fingerprint density at radius 1 is 1.29 bits per heavy atom. The summed E-state index contributed by atoms with van der Waals surface area (Å²) in [6.07, 6.45) is -0.290. The molecule has 0 aromatic heterocycles. The summed E-state index contributed by atoms with van der Waals surface area (Å²) in [5, 5.41) is 9.43. The summed E-state index contributed by atoms with van der Waals surface area (Å²) in [4.78, 5) is 18.9. The molecule has 5 nitrogen and oxygen atoms in total. The van der Waals surface area contributed by atoms with Gasteiger partial charge in [-0.05, 0) is 27.7 Å². The molecule has 0 spiro atoms. The molecule has 122 valence electrons. The second-order valence-corrected chi connectivity index (χ2v) is 6.17. The third kappa shape index (κ3) is 5.77. The molecule has 1 aliphatic rings. The fourth-order valence-electron chi connectivity index (χ4n) is 2.80. The molecule has 1 saturated heterocycles. The highest BCUT2D eigenvalue weighted by Gasteiger charge is 2.28. The Bertz CT molecular complexity index is 349. The van der Waals surface area contributed by atoms with E-state index < -0.39 is 0 Å². The Kier molecular flexibility index (Phi) is 7.35. The Labute approximate surface area is 129 Å². The Balaban J connectivity index is 2.50. The van der Waals surface area contributed by atoms with Crippen molar-refractivity contribution in [3.05, 3.63) is 12.2 Å². The summed E-state index contributed by atoms with van der Waals surface area (Å²) in [5.74, 6) is 0.185. The van der Waals surface area contributed by atoms with Crippen molar-refractivity contribution < 1.29 is 9.90 Å². The van der Waals surface area contributed by atoms with E-state index in [1.807, 2.05) is 32.6 Å². The van der Waals surface area contributed by atoms with Crippen LogP contribution in [0, 0.1) is 0 Å². The highest BCUT2D eigenvalue weighted by Crippen LogP contribution is 2.10. The zero-order chi connectivity index (χ0) is 16.0. The lowest BCUT2D eigenvalue weighted by atomic mass is 10.2. The van der Waals surface area contributed by atoms with Gasteiger partial charge >= 0.3 is 0 Å². The van der Waals surface area contributed by atoms with Crippen LogP contribution in [0.1, 0.15) is 27.7 Å². The largest absolute Gasteiger partial charge is 0.392 e. The molecule has 0 radical (unpaired) electrons. The summed E-state index contributed by atoms with van der Waals surface area (Å²) in [6.45, 7) is 17.3. The highest BCUT2D eigenvalue weighted by atomic mass is 16.3. The van der Waals surface area contributed by atoms with Gasteiger partial charge in [-0.1, -0.05) is 12.2 Å². The number of amides is 1. The molecule has 1 rings (SSSR count). The molecule has 2 atom stereocenters. The first-order chi connectivity index (χ1) is 9.85. The van der Waals surface area contributed by atoms with Gasteiger partial charge in [0.1, 0.15) is 0 Å². The first kappa shape index (κ1) is 18.1. The number of piperazine rings is 1. The number of aliphatic hydroxyl groups excluding tert-OH is 1. The number of carbonyl (C=O) groups is 1. The van der Waals surface area contributed by atoms with Crippen LogP contribution in [0.2, 0.25) is 0 Å². The van der Waals surface area contributed by atoms with E-state index in [4.69, 9.17) is 0 Å². The summed E-state index contributed by atoms with van der Waals surface area (Å²) in [5.41, 5.74) is 1.01. The van der Waals surface area contributed by atoms with Gasteiger partial charge in [0, 0.05) is 45.8 Å². The van der Waals surface area contributed by atoms with E-state index in [9.17, 15) is 9.90 Å². The molecular formula is C16H31N3O2. The van der Waals surface area contributed by atoms with Crippen molar-refractivity contribution in [1.29, 1.82) is 0 Å². The second kappa shape index (κ2) is 8.51. The monoisotopic (exact) mass is 297 g/mol. The second-order valence-electron chi connectivity index (χ2n) is 6.17. The van der Waals surface area contributed by atoms with Crippen LogP contribution in [-0.4, -0.2) is 83.7 Å². The maximum Gasteiger partial charge on any atom is 0.239 e. The number of nitrogens with zero attached hydrogens (tertiary/aromatic N) is 3. The van der Waals surface area contributed by atoms with Crippen molar-refractivity contribution in [2.75, 3.05) is 45.8 Å². The van der Waals surface area contributed by atoms with Gasteiger partial charge in [-0.25, -0.2) is 0 Å². The van der Waals surface area contributed by atoms with Crippen molar-refractivity contribution in [1.82, 2.24) is 14.7 Å². The van der Waals surface area contributed by atoms with Crippen LogP contribution in [0.15, 0.2) is 12.2 Å². The molecule has 1 fully saturated rings. The highest BCUT2D eigenvalue weighted by molar-refractivity contribution is 5.81. The number of carbonyl (C=O) groups excluding carboxylic acids is 1. The molecule has 1 N–H and O–H groups in total. The minimum absolute atomic E-state index is 0.0852. The van der Waals surface area contributed by atoms with Crippen LogP contribution in [0.25, 0.3) is 0 Å². The van der Waals surface area contributed by atoms with E-state index in [2.05, 4.69) is 16.4 Å². The van der Waals surface area contributed by atoms with Gasteiger partial charge in [0.05, 0.1) is 12.1 Å². The lowest BCUT2D eigenvalue weighted by Crippen LogP contribution is -2.55. The number of likely N-dealkylation sites (N-methyl/N-ethyl adjacent to an activating group) is 1. The third-order valence-electron chi connectivity index (χ3n) is 3.99. The quantitative estimate of drug-likeness (QED) is 0.706. The number of β-amino-alcohol motifs (C(OH)–C–C–N with tert-alkyl or cyclic N) is 1. The van der Waals surface area contributed by atoms with E-state index in [1.54, 1.807) is 0 Å². The van der Waals surface area contributed by atoms with Gasteiger partial charge < -0.3 is 10.0 Å². The summed E-state index contributed by atoms with van der Waals surface area (Å²) < 4.78 is 0. The molecule has 0 saturated carbocycles. The molecule has 0 unspecified atom stereocenters. The van der Waals surface area contributed by atoms with Crippen molar-refractivity contribution in [3.8, 4) is 0 Å². The van der Waals surface area contributed by atoms with E-state index in [0.29, 0.717) is 13.1 Å². The molecule has 0 aromatic carbocycles. The topological polar surface area (TPSA) is 47.0 Å². The summed E-state index contributed by atoms with van der Waals surface area (Å²) in [6, 6.07) is -0.0852. The van der Waals surface area contributed by atoms with E-state index in [-0.39, 0.29) is 18.1 Å². The predicted molar refractivity (Wildman–Crippen MR) is 86.2 cm³/mol. The fourth-order valence-corrected chi connectivity index (χ4v) is 2.80. The van der Waals surface area contributed by atoms with Crippen molar-refractivity contribution >= 4 is 5.91 Å². The lowest BCUT2D eigenvalue weighted by molar-refractivity contribution is -0.136. The minimum atomic E-state index is -0.290. The molecular weight excluding hydrogens is 266 g/mol. The van der Waals surface area contributed by atoms with E-state index in [0.717, 1.165) is 38.3 Å². The zero-order valence-electron chi connectivity index (χ0n) is 14.0. The standard InChI is InChI=1S/C16H31N3O2/c1-6-18(11-13(2)3)16(21)15(5)19-9-7-17(8-10-19)12-14(4)20/h14-15,20H,2,6-12H2,1,3-5H3/t14-,15-/m1/s1. The lowest BCUT2D eigenvalue weighted by Gasteiger charge is -2.39. The Hall–Kier alpha value is -0.910. The van der Waals surface area contributed by atoms with Gasteiger partial charge in [0.15, 0.2) is 0 Å². The number of rotatable bonds is 7. The van der Waals surface area contributed by atoms with Gasteiger partial charge in [-0.15, -0.1) is 0 Å². The van der Waals surface area contributed by atoms with Crippen LogP contribution < -0.4 is 0 Å². The Morgan fingerprint density at radius 2 is 1.86 bits per heavy atom. The number of aliphatic hydroxyl groups is 1. The van der Waals surface area contributed by atoms with E-state index >= 15 is 0 Å². The van der Waals surface area contributed by atoms with Crippen LogP contribution >= 0.6 is 0 Å². The van der Waals surface area contributed by atoms with Crippen molar-refractivity contribution in [2.24, 2.45) is 0 Å². The molecule has 0 aliphatic carbocycles.